The Bertz CT molecular complexity index is 386. The van der Waals surface area contributed by atoms with Crippen molar-refractivity contribution in [3.63, 3.8) is 0 Å². The molecule has 4 heteroatoms. The van der Waals surface area contributed by atoms with Gasteiger partial charge in [0.25, 0.3) is 5.91 Å². The molecule has 1 amide bonds. The van der Waals surface area contributed by atoms with Gasteiger partial charge in [-0.15, -0.1) is 0 Å². The van der Waals surface area contributed by atoms with Gasteiger partial charge in [-0.05, 0) is 30.9 Å². The summed E-state index contributed by atoms with van der Waals surface area (Å²) >= 11 is 0. The number of hydrogen-bond acceptors (Lipinski definition) is 3. The second kappa shape index (κ2) is 4.53. The zero-order valence-electron chi connectivity index (χ0n) is 9.02. The van der Waals surface area contributed by atoms with Gasteiger partial charge in [-0.3, -0.25) is 4.79 Å². The number of phenolic OH excluding ortho intramolecular Hbond substituents is 1. The number of carbonyl (C=O) groups is 1. The Morgan fingerprint density at radius 2 is 2.12 bits per heavy atom. The van der Waals surface area contributed by atoms with Crippen molar-refractivity contribution in [1.29, 1.82) is 0 Å². The number of para-hydroxylation sites is 1. The van der Waals surface area contributed by atoms with E-state index in [1.165, 1.54) is 6.07 Å². The van der Waals surface area contributed by atoms with Gasteiger partial charge in [-0.1, -0.05) is 12.1 Å². The molecule has 1 aromatic rings. The Labute approximate surface area is 94.5 Å². The molecule has 0 saturated heterocycles. The normalized spacial score (nSPS) is 23.6. The third-order valence-corrected chi connectivity index (χ3v) is 2.97. The van der Waals surface area contributed by atoms with Crippen molar-refractivity contribution >= 4 is 5.91 Å². The lowest BCUT2D eigenvalue weighted by molar-refractivity contribution is 0.0932. The smallest absolute Gasteiger partial charge is 0.255 e. The number of hydrogen-bond donors (Lipinski definition) is 3. The fraction of sp³-hybridized carbons (Fsp3) is 0.417. The summed E-state index contributed by atoms with van der Waals surface area (Å²) in [5, 5.41) is 12.3. The molecule has 1 aliphatic carbocycles. The van der Waals surface area contributed by atoms with Crippen LogP contribution in [0.15, 0.2) is 24.3 Å². The van der Waals surface area contributed by atoms with E-state index in [9.17, 15) is 9.90 Å². The quantitative estimate of drug-likeness (QED) is 0.707. The maximum absolute atomic E-state index is 11.7. The monoisotopic (exact) mass is 220 g/mol. The van der Waals surface area contributed by atoms with Crippen LogP contribution in [0, 0.1) is 5.92 Å². The number of nitrogens with one attached hydrogen (secondary N) is 1. The molecule has 0 aromatic heterocycles. The maximum Gasteiger partial charge on any atom is 0.255 e. The summed E-state index contributed by atoms with van der Waals surface area (Å²) in [4.78, 5) is 11.7. The highest BCUT2D eigenvalue weighted by atomic mass is 16.3. The molecule has 1 saturated carbocycles. The summed E-state index contributed by atoms with van der Waals surface area (Å²) in [6, 6.07) is 6.84. The number of phenols is 1. The van der Waals surface area contributed by atoms with Gasteiger partial charge in [0, 0.05) is 12.6 Å². The van der Waals surface area contributed by atoms with Crippen molar-refractivity contribution in [3.05, 3.63) is 29.8 Å². The van der Waals surface area contributed by atoms with Crippen LogP contribution in [-0.4, -0.2) is 23.6 Å². The largest absolute Gasteiger partial charge is 0.507 e. The third-order valence-electron chi connectivity index (χ3n) is 2.97. The number of carbonyl (C=O) groups excluding carboxylic acids is 1. The molecule has 1 fully saturated rings. The predicted octanol–water partition coefficient (Wildman–Crippen LogP) is 0.859. The first-order valence-electron chi connectivity index (χ1n) is 5.48. The van der Waals surface area contributed by atoms with Gasteiger partial charge in [0.2, 0.25) is 0 Å². The molecule has 1 aliphatic rings. The third kappa shape index (κ3) is 2.33. The Morgan fingerprint density at radius 1 is 1.44 bits per heavy atom. The standard InChI is InChI=1S/C12H16N2O2/c13-9-5-8(6-9)7-14-12(16)10-3-1-2-4-11(10)15/h1-4,8-9,15H,5-7,13H2,(H,14,16). The predicted molar refractivity (Wildman–Crippen MR) is 61.1 cm³/mol. The molecule has 4 N–H and O–H groups in total. The molecule has 0 unspecified atom stereocenters. The number of nitrogens with two attached hydrogens (primary N) is 1. The van der Waals surface area contributed by atoms with Crippen molar-refractivity contribution in [2.75, 3.05) is 6.54 Å². The maximum atomic E-state index is 11.7. The van der Waals surface area contributed by atoms with E-state index in [1.54, 1.807) is 18.2 Å². The van der Waals surface area contributed by atoms with Crippen LogP contribution in [0.4, 0.5) is 0 Å². The average molecular weight is 220 g/mol. The topological polar surface area (TPSA) is 75.3 Å². The highest BCUT2D eigenvalue weighted by Crippen LogP contribution is 2.24. The van der Waals surface area contributed by atoms with Gasteiger partial charge in [-0.25, -0.2) is 0 Å². The molecule has 86 valence electrons. The first-order chi connectivity index (χ1) is 7.66. The molecule has 0 radical (unpaired) electrons. The van der Waals surface area contributed by atoms with Gasteiger partial charge in [0.15, 0.2) is 0 Å². The summed E-state index contributed by atoms with van der Waals surface area (Å²) in [5.41, 5.74) is 5.98. The van der Waals surface area contributed by atoms with E-state index in [0.717, 1.165) is 12.8 Å². The molecule has 0 heterocycles. The van der Waals surface area contributed by atoms with E-state index >= 15 is 0 Å². The molecular formula is C12H16N2O2. The Morgan fingerprint density at radius 3 is 2.75 bits per heavy atom. The zero-order chi connectivity index (χ0) is 11.5. The van der Waals surface area contributed by atoms with E-state index in [4.69, 9.17) is 5.73 Å². The highest BCUT2D eigenvalue weighted by Gasteiger charge is 2.26. The molecule has 1 aromatic carbocycles. The molecular weight excluding hydrogens is 204 g/mol. The number of amides is 1. The van der Waals surface area contributed by atoms with Crippen LogP contribution in [0.25, 0.3) is 0 Å². The minimum Gasteiger partial charge on any atom is -0.507 e. The van der Waals surface area contributed by atoms with Crippen molar-refractivity contribution < 1.29 is 9.90 Å². The molecule has 0 spiro atoms. The SMILES string of the molecule is NC1CC(CNC(=O)c2ccccc2O)C1. The number of benzene rings is 1. The molecule has 0 aliphatic heterocycles. The average Bonchev–Trinajstić information content (AvgIpc) is 2.23. The summed E-state index contributed by atoms with van der Waals surface area (Å²) in [6.07, 6.45) is 1.95. The van der Waals surface area contributed by atoms with Crippen molar-refractivity contribution in [1.82, 2.24) is 5.32 Å². The summed E-state index contributed by atoms with van der Waals surface area (Å²) < 4.78 is 0. The second-order valence-corrected chi connectivity index (χ2v) is 4.32. The van der Waals surface area contributed by atoms with E-state index in [0.29, 0.717) is 24.1 Å². The molecule has 0 bridgehead atoms. The minimum atomic E-state index is -0.224. The lowest BCUT2D eigenvalue weighted by Gasteiger charge is -2.32. The Kier molecular flexibility index (Phi) is 3.10. The summed E-state index contributed by atoms with van der Waals surface area (Å²) in [7, 11) is 0. The lowest BCUT2D eigenvalue weighted by Crippen LogP contribution is -2.42. The fourth-order valence-electron chi connectivity index (χ4n) is 1.95. The summed E-state index contributed by atoms with van der Waals surface area (Å²) in [6.45, 7) is 0.640. The van der Waals surface area contributed by atoms with E-state index in [-0.39, 0.29) is 11.7 Å². The summed E-state index contributed by atoms with van der Waals surface area (Å²) in [5.74, 6) is 0.286. The van der Waals surface area contributed by atoms with E-state index in [1.807, 2.05) is 0 Å². The van der Waals surface area contributed by atoms with Crippen LogP contribution in [0.2, 0.25) is 0 Å². The molecule has 16 heavy (non-hydrogen) atoms. The van der Waals surface area contributed by atoms with Crippen LogP contribution >= 0.6 is 0 Å². The van der Waals surface area contributed by atoms with Gasteiger partial charge in [0.05, 0.1) is 5.56 Å². The van der Waals surface area contributed by atoms with Crippen LogP contribution in [0.1, 0.15) is 23.2 Å². The Hall–Kier alpha value is -1.55. The van der Waals surface area contributed by atoms with Gasteiger partial charge in [-0.2, -0.15) is 0 Å². The van der Waals surface area contributed by atoms with Crippen molar-refractivity contribution in [2.24, 2.45) is 11.7 Å². The van der Waals surface area contributed by atoms with Gasteiger partial charge in [0.1, 0.15) is 5.75 Å². The van der Waals surface area contributed by atoms with E-state index < -0.39 is 0 Å². The minimum absolute atomic E-state index is 0.0188. The van der Waals surface area contributed by atoms with Gasteiger partial charge >= 0.3 is 0 Å². The highest BCUT2D eigenvalue weighted by molar-refractivity contribution is 5.96. The fourth-order valence-corrected chi connectivity index (χ4v) is 1.95. The van der Waals surface area contributed by atoms with Crippen LogP contribution < -0.4 is 11.1 Å². The van der Waals surface area contributed by atoms with Crippen LogP contribution in [-0.2, 0) is 0 Å². The van der Waals surface area contributed by atoms with Crippen molar-refractivity contribution in [2.45, 2.75) is 18.9 Å². The van der Waals surface area contributed by atoms with Crippen LogP contribution in [0.5, 0.6) is 5.75 Å². The Balaban J connectivity index is 1.86. The van der Waals surface area contributed by atoms with Crippen LogP contribution in [0.3, 0.4) is 0 Å². The molecule has 2 rings (SSSR count). The molecule has 0 atom stereocenters. The first kappa shape index (κ1) is 11.0. The lowest BCUT2D eigenvalue weighted by atomic mass is 9.81. The van der Waals surface area contributed by atoms with Gasteiger partial charge < -0.3 is 16.2 Å². The zero-order valence-corrected chi connectivity index (χ0v) is 9.02. The second-order valence-electron chi connectivity index (χ2n) is 4.32. The number of rotatable bonds is 3. The van der Waals surface area contributed by atoms with E-state index in [2.05, 4.69) is 5.32 Å². The molecule has 4 nitrogen and oxygen atoms in total. The van der Waals surface area contributed by atoms with Crippen molar-refractivity contribution in [3.8, 4) is 5.75 Å². The first-order valence-corrected chi connectivity index (χ1v) is 5.48. The number of aromatic hydroxyl groups is 1.